The summed E-state index contributed by atoms with van der Waals surface area (Å²) in [6.45, 7) is 0.644. The van der Waals surface area contributed by atoms with Crippen LogP contribution in [0.4, 0.5) is 0 Å². The lowest BCUT2D eigenvalue weighted by Gasteiger charge is -1.98. The standard InChI is InChI=1S/C6H11NO4/c8-5(9)1-3-7-4-2-6(10)11/h7H,1-4H2,(H,8,9)(H,10,11). The summed E-state index contributed by atoms with van der Waals surface area (Å²) in [6.07, 6.45) is 0.0548. The Balaban J connectivity index is 3.03. The van der Waals surface area contributed by atoms with Crippen molar-refractivity contribution in [2.24, 2.45) is 0 Å². The largest absolute Gasteiger partial charge is 0.481 e. The first-order valence-corrected chi connectivity index (χ1v) is 3.27. The molecule has 0 saturated carbocycles. The maximum absolute atomic E-state index is 9.94. The molecule has 0 radical (unpaired) electrons. The van der Waals surface area contributed by atoms with Crippen LogP contribution in [0.25, 0.3) is 0 Å². The first-order valence-electron chi connectivity index (χ1n) is 3.27. The van der Waals surface area contributed by atoms with Crippen LogP contribution >= 0.6 is 0 Å². The van der Waals surface area contributed by atoms with Crippen molar-refractivity contribution in [3.8, 4) is 0 Å². The van der Waals surface area contributed by atoms with Crippen LogP contribution in [0, 0.1) is 0 Å². The molecule has 5 nitrogen and oxygen atoms in total. The van der Waals surface area contributed by atoms with Gasteiger partial charge < -0.3 is 15.5 Å². The van der Waals surface area contributed by atoms with Gasteiger partial charge in [0.05, 0.1) is 12.8 Å². The lowest BCUT2D eigenvalue weighted by molar-refractivity contribution is -0.137. The van der Waals surface area contributed by atoms with Crippen LogP contribution in [0.15, 0.2) is 0 Å². The molecule has 0 atom stereocenters. The van der Waals surface area contributed by atoms with Gasteiger partial charge in [0.2, 0.25) is 0 Å². The van der Waals surface area contributed by atoms with E-state index in [-0.39, 0.29) is 12.8 Å². The van der Waals surface area contributed by atoms with Crippen LogP contribution < -0.4 is 5.32 Å². The molecule has 0 aromatic heterocycles. The summed E-state index contributed by atoms with van der Waals surface area (Å²) in [5, 5.41) is 19.0. The minimum atomic E-state index is -0.882. The van der Waals surface area contributed by atoms with Crippen molar-refractivity contribution in [1.29, 1.82) is 0 Å². The molecule has 0 fully saturated rings. The van der Waals surface area contributed by atoms with Crippen LogP contribution in [-0.4, -0.2) is 35.2 Å². The van der Waals surface area contributed by atoms with Crippen molar-refractivity contribution in [3.63, 3.8) is 0 Å². The molecule has 0 saturated heterocycles. The van der Waals surface area contributed by atoms with Gasteiger partial charge in [-0.25, -0.2) is 0 Å². The van der Waals surface area contributed by atoms with E-state index in [9.17, 15) is 9.59 Å². The maximum atomic E-state index is 9.94. The molecule has 5 heteroatoms. The van der Waals surface area contributed by atoms with E-state index in [4.69, 9.17) is 10.2 Å². The minimum absolute atomic E-state index is 0.0274. The number of hydrogen-bond acceptors (Lipinski definition) is 3. The number of carboxylic acid groups (broad SMARTS) is 2. The summed E-state index contributed by atoms with van der Waals surface area (Å²) < 4.78 is 0. The highest BCUT2D eigenvalue weighted by molar-refractivity contribution is 5.67. The van der Waals surface area contributed by atoms with Crippen LogP contribution in [0.2, 0.25) is 0 Å². The molecule has 0 spiro atoms. The average molecular weight is 161 g/mol. The normalized spacial score (nSPS) is 9.45. The summed E-state index contributed by atoms with van der Waals surface area (Å²) >= 11 is 0. The molecule has 0 aromatic carbocycles. The van der Waals surface area contributed by atoms with Gasteiger partial charge in [-0.15, -0.1) is 0 Å². The first kappa shape index (κ1) is 9.90. The number of aliphatic carboxylic acids is 2. The van der Waals surface area contributed by atoms with E-state index in [1.165, 1.54) is 0 Å². The van der Waals surface area contributed by atoms with Crippen LogP contribution in [0.3, 0.4) is 0 Å². The highest BCUT2D eigenvalue weighted by Crippen LogP contribution is 1.78. The molecule has 0 heterocycles. The van der Waals surface area contributed by atoms with Crippen molar-refractivity contribution >= 4 is 11.9 Å². The fraction of sp³-hybridized carbons (Fsp3) is 0.667. The SMILES string of the molecule is O=C(O)CCNCCC(=O)O. The quantitative estimate of drug-likeness (QED) is 0.458. The molecule has 3 N–H and O–H groups in total. The predicted octanol–water partition coefficient (Wildman–Crippen LogP) is -0.475. The Hall–Kier alpha value is -1.10. The molecule has 0 unspecified atom stereocenters. The predicted molar refractivity (Wildman–Crippen MR) is 37.4 cm³/mol. The first-order chi connectivity index (χ1) is 5.13. The molecule has 0 rings (SSSR count). The second-order valence-electron chi connectivity index (χ2n) is 2.04. The van der Waals surface area contributed by atoms with E-state index in [1.54, 1.807) is 0 Å². The highest BCUT2D eigenvalue weighted by atomic mass is 16.4. The second kappa shape index (κ2) is 5.67. The Bertz CT molecular complexity index is 130. The second-order valence-corrected chi connectivity index (χ2v) is 2.04. The van der Waals surface area contributed by atoms with Gasteiger partial charge in [-0.3, -0.25) is 9.59 Å². The molecular weight excluding hydrogens is 150 g/mol. The van der Waals surface area contributed by atoms with Crippen LogP contribution in [0.5, 0.6) is 0 Å². The van der Waals surface area contributed by atoms with E-state index >= 15 is 0 Å². The number of hydrogen-bond donors (Lipinski definition) is 3. The van der Waals surface area contributed by atoms with Gasteiger partial charge >= 0.3 is 11.9 Å². The zero-order chi connectivity index (χ0) is 8.69. The van der Waals surface area contributed by atoms with Crippen molar-refractivity contribution in [1.82, 2.24) is 5.32 Å². The van der Waals surface area contributed by atoms with Crippen molar-refractivity contribution in [3.05, 3.63) is 0 Å². The highest BCUT2D eigenvalue weighted by Gasteiger charge is 1.97. The van der Waals surface area contributed by atoms with Crippen molar-refractivity contribution in [2.75, 3.05) is 13.1 Å². The van der Waals surface area contributed by atoms with Crippen molar-refractivity contribution < 1.29 is 19.8 Å². The Labute approximate surface area is 64.0 Å². The van der Waals surface area contributed by atoms with Gasteiger partial charge in [0.15, 0.2) is 0 Å². The molecule has 0 aliphatic rings. The third-order valence-corrected chi connectivity index (χ3v) is 1.03. The molecule has 0 aromatic rings. The monoisotopic (exact) mass is 161 g/mol. The summed E-state index contributed by atoms with van der Waals surface area (Å²) in [5.74, 6) is -1.76. The van der Waals surface area contributed by atoms with Gasteiger partial charge in [-0.2, -0.15) is 0 Å². The molecular formula is C6H11NO4. The van der Waals surface area contributed by atoms with Gasteiger partial charge in [0.25, 0.3) is 0 Å². The smallest absolute Gasteiger partial charge is 0.304 e. The zero-order valence-electron chi connectivity index (χ0n) is 6.04. The fourth-order valence-corrected chi connectivity index (χ4v) is 0.516. The van der Waals surface area contributed by atoms with Gasteiger partial charge in [-0.05, 0) is 0 Å². The van der Waals surface area contributed by atoms with E-state index in [0.717, 1.165) is 0 Å². The average Bonchev–Trinajstić information content (AvgIpc) is 1.85. The van der Waals surface area contributed by atoms with Gasteiger partial charge in [0.1, 0.15) is 0 Å². The van der Waals surface area contributed by atoms with Gasteiger partial charge in [-0.1, -0.05) is 0 Å². The summed E-state index contributed by atoms with van der Waals surface area (Å²) in [4.78, 5) is 19.9. The van der Waals surface area contributed by atoms with Crippen molar-refractivity contribution in [2.45, 2.75) is 12.8 Å². The molecule has 0 amide bonds. The minimum Gasteiger partial charge on any atom is -0.481 e. The number of carboxylic acids is 2. The molecule has 0 bridgehead atoms. The zero-order valence-corrected chi connectivity index (χ0v) is 6.04. The third kappa shape index (κ3) is 8.90. The summed E-state index contributed by atoms with van der Waals surface area (Å²) in [7, 11) is 0. The maximum Gasteiger partial charge on any atom is 0.304 e. The van der Waals surface area contributed by atoms with E-state index in [0.29, 0.717) is 13.1 Å². The topological polar surface area (TPSA) is 86.6 Å². The van der Waals surface area contributed by atoms with Crippen LogP contribution in [0.1, 0.15) is 12.8 Å². The number of carbonyl (C=O) groups is 2. The molecule has 0 aliphatic carbocycles. The van der Waals surface area contributed by atoms with Crippen LogP contribution in [-0.2, 0) is 9.59 Å². The fourth-order valence-electron chi connectivity index (χ4n) is 0.516. The molecule has 0 aliphatic heterocycles. The Morgan fingerprint density at radius 1 is 1.00 bits per heavy atom. The lowest BCUT2D eigenvalue weighted by Crippen LogP contribution is -2.21. The number of rotatable bonds is 6. The number of nitrogens with one attached hydrogen (secondary N) is 1. The van der Waals surface area contributed by atoms with Gasteiger partial charge in [0, 0.05) is 13.1 Å². The third-order valence-electron chi connectivity index (χ3n) is 1.03. The van der Waals surface area contributed by atoms with E-state index in [1.807, 2.05) is 0 Å². The Morgan fingerprint density at radius 2 is 1.36 bits per heavy atom. The lowest BCUT2D eigenvalue weighted by atomic mass is 10.4. The van der Waals surface area contributed by atoms with E-state index < -0.39 is 11.9 Å². The Morgan fingerprint density at radius 3 is 1.64 bits per heavy atom. The van der Waals surface area contributed by atoms with E-state index in [2.05, 4.69) is 5.32 Å². The molecule has 11 heavy (non-hydrogen) atoms. The summed E-state index contributed by atoms with van der Waals surface area (Å²) in [5.41, 5.74) is 0. The Kier molecular flexibility index (Phi) is 5.10. The molecule has 64 valence electrons. The summed E-state index contributed by atoms with van der Waals surface area (Å²) in [6, 6.07) is 0.